The maximum Gasteiger partial charge on any atom is 0.239 e. The molecule has 0 fully saturated rings. The van der Waals surface area contributed by atoms with Crippen molar-refractivity contribution in [2.24, 2.45) is 11.7 Å². The van der Waals surface area contributed by atoms with E-state index in [-0.39, 0.29) is 55.1 Å². The van der Waals surface area contributed by atoms with Crippen molar-refractivity contribution in [1.82, 2.24) is 15.5 Å². The van der Waals surface area contributed by atoms with Crippen molar-refractivity contribution >= 4 is 36.6 Å². The number of hydrogen-bond acceptors (Lipinski definition) is 4. The molecule has 8 heteroatoms. The Morgan fingerprint density at radius 1 is 1.07 bits per heavy atom. The first-order valence-electron chi connectivity index (χ1n) is 8.81. The molecule has 0 radical (unpaired) electrons. The van der Waals surface area contributed by atoms with Crippen LogP contribution >= 0.6 is 24.8 Å². The first-order chi connectivity index (χ1) is 11.8. The molecule has 4 N–H and O–H groups in total. The lowest BCUT2D eigenvalue weighted by molar-refractivity contribution is -0.127. The van der Waals surface area contributed by atoms with E-state index >= 15 is 0 Å². The number of benzene rings is 1. The summed E-state index contributed by atoms with van der Waals surface area (Å²) in [4.78, 5) is 25.9. The van der Waals surface area contributed by atoms with Gasteiger partial charge >= 0.3 is 0 Å². The Balaban J connectivity index is 0. The minimum Gasteiger partial charge on any atom is -0.353 e. The molecule has 0 saturated heterocycles. The third kappa shape index (κ3) is 9.42. The first-order valence-corrected chi connectivity index (χ1v) is 8.81. The molecule has 0 saturated carbocycles. The van der Waals surface area contributed by atoms with Crippen LogP contribution in [0.4, 0.5) is 0 Å². The number of nitrogens with zero attached hydrogens (tertiary/aromatic N) is 1. The fourth-order valence-corrected chi connectivity index (χ4v) is 2.44. The Bertz CT molecular complexity index is 565. The van der Waals surface area contributed by atoms with Gasteiger partial charge in [-0.25, -0.2) is 0 Å². The van der Waals surface area contributed by atoms with Crippen molar-refractivity contribution in [3.8, 4) is 0 Å². The summed E-state index contributed by atoms with van der Waals surface area (Å²) in [6.07, 6.45) is 1.00. The number of rotatable bonds is 9. The molecular weight excluding hydrogens is 387 g/mol. The Hall–Kier alpha value is -1.34. The highest BCUT2D eigenvalue weighted by Gasteiger charge is 2.19. The van der Waals surface area contributed by atoms with Gasteiger partial charge in [0, 0.05) is 6.54 Å². The molecule has 1 rings (SSSR count). The number of carbonyl (C=O) groups excluding carboxylic acids is 2. The number of nitrogens with one attached hydrogen (secondary N) is 2. The van der Waals surface area contributed by atoms with Crippen LogP contribution in [0.1, 0.15) is 37.9 Å². The number of hydrogen-bond donors (Lipinski definition) is 3. The zero-order chi connectivity index (χ0) is 19.0. The van der Waals surface area contributed by atoms with Crippen molar-refractivity contribution in [3.63, 3.8) is 0 Å². The lowest BCUT2D eigenvalue weighted by Gasteiger charge is -2.25. The topological polar surface area (TPSA) is 87.5 Å². The summed E-state index contributed by atoms with van der Waals surface area (Å²) >= 11 is 0. The fourth-order valence-electron chi connectivity index (χ4n) is 2.44. The first kappa shape index (κ1) is 27.9. The number of carbonyl (C=O) groups is 2. The van der Waals surface area contributed by atoms with Gasteiger partial charge in [-0.15, -0.1) is 24.8 Å². The second kappa shape index (κ2) is 13.8. The van der Waals surface area contributed by atoms with Gasteiger partial charge in [0.2, 0.25) is 11.8 Å². The van der Waals surface area contributed by atoms with E-state index in [1.54, 1.807) is 0 Å². The quantitative estimate of drug-likeness (QED) is 0.569. The minimum absolute atomic E-state index is 0. The lowest BCUT2D eigenvalue weighted by atomic mass is 10.0. The van der Waals surface area contributed by atoms with Crippen LogP contribution < -0.4 is 16.4 Å². The molecule has 27 heavy (non-hydrogen) atoms. The van der Waals surface area contributed by atoms with Gasteiger partial charge in [0.15, 0.2) is 0 Å². The molecule has 2 amide bonds. The molecule has 6 nitrogen and oxygen atoms in total. The summed E-state index contributed by atoms with van der Waals surface area (Å²) in [7, 11) is 3.96. The summed E-state index contributed by atoms with van der Waals surface area (Å²) in [5.74, 6) is -0.488. The average molecular weight is 421 g/mol. The predicted octanol–water partition coefficient (Wildman–Crippen LogP) is 1.91. The van der Waals surface area contributed by atoms with Crippen LogP contribution in [-0.4, -0.2) is 49.9 Å². The second-order valence-corrected chi connectivity index (χ2v) is 6.87. The Morgan fingerprint density at radius 3 is 2.07 bits per heavy atom. The van der Waals surface area contributed by atoms with Crippen molar-refractivity contribution in [3.05, 3.63) is 35.4 Å². The lowest BCUT2D eigenvalue weighted by Crippen LogP contribution is -2.47. The van der Waals surface area contributed by atoms with Gasteiger partial charge in [-0.05, 0) is 37.6 Å². The Labute approximate surface area is 175 Å². The molecule has 0 aromatic heterocycles. The van der Waals surface area contributed by atoms with Crippen LogP contribution in [0, 0.1) is 5.92 Å². The molecule has 0 aliphatic carbocycles. The number of nitrogens with two attached hydrogens (primary N) is 1. The molecule has 2 atom stereocenters. The molecule has 0 spiro atoms. The van der Waals surface area contributed by atoms with E-state index in [1.165, 1.54) is 5.56 Å². The van der Waals surface area contributed by atoms with Crippen LogP contribution in [0.3, 0.4) is 0 Å². The van der Waals surface area contributed by atoms with Gasteiger partial charge in [-0.1, -0.05) is 45.0 Å². The molecule has 1 unspecified atom stereocenters. The van der Waals surface area contributed by atoms with Crippen LogP contribution in [0.2, 0.25) is 0 Å². The summed E-state index contributed by atoms with van der Waals surface area (Å²) in [6.45, 7) is 6.28. The monoisotopic (exact) mass is 420 g/mol. The third-order valence-electron chi connectivity index (χ3n) is 4.33. The molecular formula is C19H34Cl2N4O2. The van der Waals surface area contributed by atoms with E-state index in [0.717, 1.165) is 12.0 Å². The third-order valence-corrected chi connectivity index (χ3v) is 4.33. The average Bonchev–Trinajstić information content (AvgIpc) is 2.59. The zero-order valence-electron chi connectivity index (χ0n) is 16.8. The highest BCUT2D eigenvalue weighted by Crippen LogP contribution is 2.18. The number of aryl methyl sites for hydroxylation is 1. The van der Waals surface area contributed by atoms with E-state index in [1.807, 2.05) is 27.9 Å². The van der Waals surface area contributed by atoms with Crippen molar-refractivity contribution in [1.29, 1.82) is 0 Å². The summed E-state index contributed by atoms with van der Waals surface area (Å²) in [5.41, 5.74) is 8.19. The molecule has 1 aromatic carbocycles. The normalized spacial score (nSPS) is 12.6. The Kier molecular flexibility index (Phi) is 14.2. The van der Waals surface area contributed by atoms with E-state index in [2.05, 4.69) is 46.7 Å². The SMILES string of the molecule is CCc1ccc(C(CNC(=O)CNC(=O)[C@@H](N)C(C)C)N(C)C)cc1.Cl.Cl. The van der Waals surface area contributed by atoms with Gasteiger partial charge in [0.05, 0.1) is 18.6 Å². The smallest absolute Gasteiger partial charge is 0.239 e. The van der Waals surface area contributed by atoms with E-state index < -0.39 is 6.04 Å². The molecule has 0 aliphatic rings. The predicted molar refractivity (Wildman–Crippen MR) is 116 cm³/mol. The summed E-state index contributed by atoms with van der Waals surface area (Å²) in [5, 5.41) is 5.46. The van der Waals surface area contributed by atoms with E-state index in [0.29, 0.717) is 6.54 Å². The molecule has 0 heterocycles. The van der Waals surface area contributed by atoms with Crippen molar-refractivity contribution in [2.75, 3.05) is 27.2 Å². The Morgan fingerprint density at radius 2 is 1.63 bits per heavy atom. The van der Waals surface area contributed by atoms with Gasteiger partial charge in [0.25, 0.3) is 0 Å². The van der Waals surface area contributed by atoms with E-state index in [9.17, 15) is 9.59 Å². The second-order valence-electron chi connectivity index (χ2n) is 6.87. The van der Waals surface area contributed by atoms with Crippen molar-refractivity contribution < 1.29 is 9.59 Å². The standard InChI is InChI=1S/C19H32N4O2.2ClH/c1-6-14-7-9-15(10-8-14)16(23(4)5)11-21-17(24)12-22-19(25)18(20)13(2)3;;/h7-10,13,16,18H,6,11-12,20H2,1-5H3,(H,21,24)(H,22,25);2*1H/t16?,18-;;/m0../s1. The summed E-state index contributed by atoms with van der Waals surface area (Å²) < 4.78 is 0. The van der Waals surface area contributed by atoms with Gasteiger partial charge in [0.1, 0.15) is 0 Å². The van der Waals surface area contributed by atoms with Crippen LogP contribution in [0.15, 0.2) is 24.3 Å². The fraction of sp³-hybridized carbons (Fsp3) is 0.579. The molecule has 1 aromatic rings. The highest BCUT2D eigenvalue weighted by atomic mass is 35.5. The maximum atomic E-state index is 12.0. The minimum atomic E-state index is -0.598. The van der Waals surface area contributed by atoms with Crippen LogP contribution in [0.5, 0.6) is 0 Å². The van der Waals surface area contributed by atoms with E-state index in [4.69, 9.17) is 5.73 Å². The largest absolute Gasteiger partial charge is 0.353 e. The molecule has 156 valence electrons. The number of amides is 2. The highest BCUT2D eigenvalue weighted by molar-refractivity contribution is 5.87. The van der Waals surface area contributed by atoms with Crippen LogP contribution in [0.25, 0.3) is 0 Å². The zero-order valence-corrected chi connectivity index (χ0v) is 18.5. The maximum absolute atomic E-state index is 12.0. The molecule has 0 bridgehead atoms. The summed E-state index contributed by atoms with van der Waals surface area (Å²) in [6, 6.07) is 7.89. The van der Waals surface area contributed by atoms with Gasteiger partial charge in [-0.2, -0.15) is 0 Å². The number of likely N-dealkylation sites (N-methyl/N-ethyl adjacent to an activating group) is 1. The molecule has 0 aliphatic heterocycles. The van der Waals surface area contributed by atoms with Crippen molar-refractivity contribution in [2.45, 2.75) is 39.3 Å². The van der Waals surface area contributed by atoms with Gasteiger partial charge < -0.3 is 21.3 Å². The van der Waals surface area contributed by atoms with Crippen LogP contribution in [-0.2, 0) is 16.0 Å². The van der Waals surface area contributed by atoms with Gasteiger partial charge in [-0.3, -0.25) is 9.59 Å². The number of halogens is 2.